The number of hydrogen-bond donors (Lipinski definition) is 4. The van der Waals surface area contributed by atoms with E-state index in [2.05, 4.69) is 48.6 Å². The molecule has 0 aliphatic heterocycles. The number of benzene rings is 4. The van der Waals surface area contributed by atoms with Crippen LogP contribution >= 0.6 is 7.82 Å². The Morgan fingerprint density at radius 1 is 0.472 bits per heavy atom. The zero-order chi connectivity index (χ0) is 25.8. The molecule has 4 rings (SSSR count). The second kappa shape index (κ2) is 13.2. The minimum Gasteiger partial charge on any atom is -0.507 e. The van der Waals surface area contributed by atoms with Gasteiger partial charge in [0.2, 0.25) is 0 Å². The van der Waals surface area contributed by atoms with Gasteiger partial charge in [-0.3, -0.25) is 0 Å². The smallest absolute Gasteiger partial charge is 0.466 e. The van der Waals surface area contributed by atoms with Crippen molar-refractivity contribution in [3.63, 3.8) is 0 Å². The third kappa shape index (κ3) is 9.34. The van der Waals surface area contributed by atoms with E-state index in [0.29, 0.717) is 0 Å². The third-order valence-corrected chi connectivity index (χ3v) is 5.04. The maximum absolute atomic E-state index is 10.7. The molecular weight excluding hydrogens is 471 g/mol. The molecular formula is C30H27O5P. The lowest BCUT2D eigenvalue weighted by atomic mass is 9.96. The summed E-state index contributed by atoms with van der Waals surface area (Å²) in [6.07, 6.45) is 12.4. The summed E-state index contributed by atoms with van der Waals surface area (Å²) in [5, 5.41) is 10.7. The Labute approximate surface area is 210 Å². The van der Waals surface area contributed by atoms with Crippen molar-refractivity contribution >= 4 is 44.3 Å². The molecule has 0 unspecified atom stereocenters. The zero-order valence-electron chi connectivity index (χ0n) is 19.4. The van der Waals surface area contributed by atoms with Gasteiger partial charge < -0.3 is 19.8 Å². The first kappa shape index (κ1) is 26.6. The van der Waals surface area contributed by atoms with Crippen molar-refractivity contribution in [1.82, 2.24) is 0 Å². The van der Waals surface area contributed by atoms with Crippen molar-refractivity contribution in [3.05, 3.63) is 137 Å². The fourth-order valence-electron chi connectivity index (χ4n) is 3.39. The SMILES string of the molecule is O=P(O)(O)O.Oc1ccc(/C=C/c2ccccc2)c(/C=C/c2ccccc2)c1/C=C/c1ccccc1. The molecule has 0 aliphatic rings. The molecule has 36 heavy (non-hydrogen) atoms. The second-order valence-corrected chi connectivity index (χ2v) is 8.77. The van der Waals surface area contributed by atoms with Crippen LogP contribution in [0.5, 0.6) is 5.75 Å². The lowest BCUT2D eigenvalue weighted by molar-refractivity contribution is 0.275. The summed E-state index contributed by atoms with van der Waals surface area (Å²) in [7, 11) is -4.64. The second-order valence-electron chi connectivity index (χ2n) is 7.75. The molecule has 0 atom stereocenters. The van der Waals surface area contributed by atoms with Crippen molar-refractivity contribution in [2.24, 2.45) is 0 Å². The molecule has 0 saturated carbocycles. The molecule has 0 radical (unpaired) electrons. The fraction of sp³-hybridized carbons (Fsp3) is 0. The molecule has 0 saturated heterocycles. The lowest BCUT2D eigenvalue weighted by Crippen LogP contribution is -1.88. The number of rotatable bonds is 6. The summed E-state index contributed by atoms with van der Waals surface area (Å²) >= 11 is 0. The van der Waals surface area contributed by atoms with Gasteiger partial charge in [0.15, 0.2) is 0 Å². The van der Waals surface area contributed by atoms with Gasteiger partial charge in [-0.25, -0.2) is 4.57 Å². The molecule has 182 valence electrons. The van der Waals surface area contributed by atoms with E-state index in [4.69, 9.17) is 19.2 Å². The van der Waals surface area contributed by atoms with Gasteiger partial charge in [0.05, 0.1) is 0 Å². The van der Waals surface area contributed by atoms with E-state index in [1.807, 2.05) is 84.9 Å². The van der Waals surface area contributed by atoms with Gasteiger partial charge >= 0.3 is 7.82 Å². The van der Waals surface area contributed by atoms with Gasteiger partial charge in [0.25, 0.3) is 0 Å². The predicted octanol–water partition coefficient (Wildman–Crippen LogP) is 6.97. The standard InChI is InChI=1S/C30H24O.H3O4P/c31-30-23-20-27(19-16-24-10-4-1-5-11-24)28(21-17-25-12-6-2-7-13-25)29(30)22-18-26-14-8-3-9-15-26;1-5(2,3)4/h1-23,31H;(H3,1,2,3,4)/b19-16+,21-17+,22-18+;. The van der Waals surface area contributed by atoms with E-state index in [9.17, 15) is 5.11 Å². The monoisotopic (exact) mass is 498 g/mol. The van der Waals surface area contributed by atoms with Gasteiger partial charge in [-0.2, -0.15) is 0 Å². The first-order valence-electron chi connectivity index (χ1n) is 11.1. The van der Waals surface area contributed by atoms with Crippen LogP contribution in [-0.4, -0.2) is 19.8 Å². The highest BCUT2D eigenvalue weighted by Gasteiger charge is 2.08. The van der Waals surface area contributed by atoms with Crippen LogP contribution in [0.4, 0.5) is 0 Å². The number of phenolic OH excluding ortho intramolecular Hbond substituents is 1. The van der Waals surface area contributed by atoms with E-state index in [1.165, 1.54) is 0 Å². The molecule has 0 aromatic heterocycles. The Kier molecular flexibility index (Phi) is 9.75. The minimum atomic E-state index is -4.64. The van der Waals surface area contributed by atoms with Crippen LogP contribution in [-0.2, 0) is 4.57 Å². The maximum Gasteiger partial charge on any atom is 0.466 e. The average Bonchev–Trinajstić information content (AvgIpc) is 2.87. The minimum absolute atomic E-state index is 0.261. The maximum atomic E-state index is 10.7. The van der Waals surface area contributed by atoms with Crippen LogP contribution in [0.2, 0.25) is 0 Å². The van der Waals surface area contributed by atoms with Crippen molar-refractivity contribution in [3.8, 4) is 5.75 Å². The highest BCUT2D eigenvalue weighted by Crippen LogP contribution is 2.30. The van der Waals surface area contributed by atoms with Crippen molar-refractivity contribution in [1.29, 1.82) is 0 Å². The summed E-state index contributed by atoms with van der Waals surface area (Å²) in [6, 6.07) is 34.2. The van der Waals surface area contributed by atoms with E-state index in [1.54, 1.807) is 6.07 Å². The van der Waals surface area contributed by atoms with Gasteiger partial charge in [0.1, 0.15) is 5.75 Å². The fourth-order valence-corrected chi connectivity index (χ4v) is 3.39. The van der Waals surface area contributed by atoms with Crippen molar-refractivity contribution < 1.29 is 24.4 Å². The van der Waals surface area contributed by atoms with Crippen LogP contribution in [0.25, 0.3) is 36.5 Å². The molecule has 4 N–H and O–H groups in total. The first-order valence-corrected chi connectivity index (χ1v) is 12.7. The summed E-state index contributed by atoms with van der Waals surface area (Å²) in [6.45, 7) is 0. The topological polar surface area (TPSA) is 98.0 Å². The molecule has 0 heterocycles. The normalized spacial score (nSPS) is 11.6. The van der Waals surface area contributed by atoms with Crippen molar-refractivity contribution in [2.75, 3.05) is 0 Å². The zero-order valence-corrected chi connectivity index (χ0v) is 20.3. The number of hydrogen-bond acceptors (Lipinski definition) is 2. The van der Waals surface area contributed by atoms with E-state index >= 15 is 0 Å². The lowest BCUT2D eigenvalue weighted by Gasteiger charge is -2.09. The van der Waals surface area contributed by atoms with E-state index in [0.717, 1.165) is 33.4 Å². The average molecular weight is 499 g/mol. The number of phenols is 1. The highest BCUT2D eigenvalue weighted by molar-refractivity contribution is 7.45. The van der Waals surface area contributed by atoms with Gasteiger partial charge in [-0.15, -0.1) is 0 Å². The summed E-state index contributed by atoms with van der Waals surface area (Å²) in [4.78, 5) is 21.6. The predicted molar refractivity (Wildman–Crippen MR) is 148 cm³/mol. The van der Waals surface area contributed by atoms with E-state index < -0.39 is 7.82 Å². The molecule has 0 spiro atoms. The van der Waals surface area contributed by atoms with Gasteiger partial charge in [-0.05, 0) is 33.9 Å². The van der Waals surface area contributed by atoms with Crippen LogP contribution < -0.4 is 0 Å². The van der Waals surface area contributed by atoms with Crippen LogP contribution in [0, 0.1) is 0 Å². The summed E-state index contributed by atoms with van der Waals surface area (Å²) in [5.74, 6) is 0.261. The number of phosphoric acid groups is 1. The molecule has 5 nitrogen and oxygen atoms in total. The third-order valence-electron chi connectivity index (χ3n) is 5.04. The van der Waals surface area contributed by atoms with Crippen LogP contribution in [0.1, 0.15) is 33.4 Å². The molecule has 0 amide bonds. The summed E-state index contributed by atoms with van der Waals surface area (Å²) in [5.41, 5.74) is 6.15. The Bertz CT molecular complexity index is 1370. The molecule has 0 bridgehead atoms. The van der Waals surface area contributed by atoms with Gasteiger partial charge in [-0.1, -0.05) is 134 Å². The van der Waals surface area contributed by atoms with Gasteiger partial charge in [0, 0.05) is 5.56 Å². The molecule has 6 heteroatoms. The molecule has 0 fully saturated rings. The van der Waals surface area contributed by atoms with Crippen molar-refractivity contribution in [2.45, 2.75) is 0 Å². The molecule has 4 aromatic rings. The quantitative estimate of drug-likeness (QED) is 0.170. The Morgan fingerprint density at radius 2 is 0.833 bits per heavy atom. The van der Waals surface area contributed by atoms with E-state index in [-0.39, 0.29) is 5.75 Å². The van der Waals surface area contributed by atoms with Crippen LogP contribution in [0.3, 0.4) is 0 Å². The Morgan fingerprint density at radius 3 is 1.25 bits per heavy atom. The highest BCUT2D eigenvalue weighted by atomic mass is 31.2. The number of aromatic hydroxyl groups is 1. The summed E-state index contributed by atoms with van der Waals surface area (Å²) < 4.78 is 8.88. The molecule has 0 aliphatic carbocycles. The largest absolute Gasteiger partial charge is 0.507 e. The Hall–Kier alpha value is -3.99. The van der Waals surface area contributed by atoms with Crippen LogP contribution in [0.15, 0.2) is 103 Å². The first-order chi connectivity index (χ1) is 17.3. The molecule has 4 aromatic carbocycles. The Balaban J connectivity index is 0.000000658.